The summed E-state index contributed by atoms with van der Waals surface area (Å²) in [6.45, 7) is 6.75. The van der Waals surface area contributed by atoms with Crippen LogP contribution in [0.5, 0.6) is 0 Å². The number of aryl methyl sites for hydroxylation is 1. The van der Waals surface area contributed by atoms with Crippen molar-refractivity contribution in [2.24, 2.45) is 0 Å². The van der Waals surface area contributed by atoms with Crippen LogP contribution in [0.25, 0.3) is 11.1 Å². The van der Waals surface area contributed by atoms with Gasteiger partial charge in [-0.2, -0.15) is 0 Å². The zero-order valence-corrected chi connectivity index (χ0v) is 11.7. The van der Waals surface area contributed by atoms with E-state index in [1.807, 2.05) is 24.3 Å². The Morgan fingerprint density at radius 3 is 2.53 bits per heavy atom. The summed E-state index contributed by atoms with van der Waals surface area (Å²) in [6.07, 6.45) is 0. The molecule has 0 spiro atoms. The van der Waals surface area contributed by atoms with E-state index in [0.29, 0.717) is 12.6 Å². The molecule has 0 aliphatic heterocycles. The third-order valence-electron chi connectivity index (χ3n) is 3.20. The molecule has 2 aromatic rings. The molecule has 0 atom stereocenters. The zero-order valence-electron chi connectivity index (χ0n) is 11.7. The van der Waals surface area contributed by atoms with Gasteiger partial charge < -0.3 is 5.32 Å². The van der Waals surface area contributed by atoms with Gasteiger partial charge in [0.2, 0.25) is 0 Å². The van der Waals surface area contributed by atoms with Crippen molar-refractivity contribution in [1.82, 2.24) is 5.32 Å². The molecule has 100 valence electrons. The highest BCUT2D eigenvalue weighted by atomic mass is 19.1. The van der Waals surface area contributed by atoms with Gasteiger partial charge in [0.05, 0.1) is 0 Å². The Balaban J connectivity index is 2.33. The maximum atomic E-state index is 13.8. The monoisotopic (exact) mass is 257 g/mol. The fourth-order valence-electron chi connectivity index (χ4n) is 2.09. The fraction of sp³-hybridized carbons (Fsp3) is 0.294. The quantitative estimate of drug-likeness (QED) is 0.861. The molecule has 2 aromatic carbocycles. The minimum Gasteiger partial charge on any atom is -0.310 e. The molecule has 2 heteroatoms. The summed E-state index contributed by atoms with van der Waals surface area (Å²) in [4.78, 5) is 0. The Morgan fingerprint density at radius 2 is 1.84 bits per heavy atom. The lowest BCUT2D eigenvalue weighted by molar-refractivity contribution is 0.553. The standard InChI is InChI=1S/C17H20FN/c1-12(2)19-11-15-10-14(8-9-17(15)18)16-7-5-4-6-13(16)3/h4-10,12,19H,11H2,1-3H3. The van der Waals surface area contributed by atoms with E-state index >= 15 is 0 Å². The molecule has 0 aliphatic carbocycles. The minimum absolute atomic E-state index is 0.148. The summed E-state index contributed by atoms with van der Waals surface area (Å²) in [5.74, 6) is -0.148. The molecule has 0 radical (unpaired) electrons. The lowest BCUT2D eigenvalue weighted by atomic mass is 9.98. The maximum absolute atomic E-state index is 13.8. The lowest BCUT2D eigenvalue weighted by Crippen LogP contribution is -2.22. The lowest BCUT2D eigenvalue weighted by Gasteiger charge is -2.12. The van der Waals surface area contributed by atoms with E-state index in [9.17, 15) is 4.39 Å². The van der Waals surface area contributed by atoms with Gasteiger partial charge in [-0.15, -0.1) is 0 Å². The van der Waals surface area contributed by atoms with Gasteiger partial charge in [-0.1, -0.05) is 44.2 Å². The number of benzene rings is 2. The second-order valence-electron chi connectivity index (χ2n) is 5.16. The Labute approximate surface area is 114 Å². The van der Waals surface area contributed by atoms with E-state index in [4.69, 9.17) is 0 Å². The van der Waals surface area contributed by atoms with Crippen LogP contribution in [0, 0.1) is 12.7 Å². The van der Waals surface area contributed by atoms with Crippen LogP contribution in [0.1, 0.15) is 25.0 Å². The molecule has 0 saturated carbocycles. The second-order valence-corrected chi connectivity index (χ2v) is 5.16. The highest BCUT2D eigenvalue weighted by molar-refractivity contribution is 5.67. The van der Waals surface area contributed by atoms with E-state index in [1.165, 1.54) is 5.56 Å². The summed E-state index contributed by atoms with van der Waals surface area (Å²) in [5.41, 5.74) is 4.15. The predicted octanol–water partition coefficient (Wildman–Crippen LogP) is 4.30. The molecule has 0 aromatic heterocycles. The molecule has 19 heavy (non-hydrogen) atoms. The Hall–Kier alpha value is -1.67. The largest absolute Gasteiger partial charge is 0.310 e. The van der Waals surface area contributed by atoms with Crippen molar-refractivity contribution < 1.29 is 4.39 Å². The van der Waals surface area contributed by atoms with Crippen molar-refractivity contribution >= 4 is 0 Å². The van der Waals surface area contributed by atoms with E-state index in [-0.39, 0.29) is 5.82 Å². The van der Waals surface area contributed by atoms with Crippen molar-refractivity contribution in [2.45, 2.75) is 33.4 Å². The summed E-state index contributed by atoms with van der Waals surface area (Å²) < 4.78 is 13.8. The Kier molecular flexibility index (Phi) is 4.33. The number of nitrogens with one attached hydrogen (secondary N) is 1. The molecule has 0 bridgehead atoms. The van der Waals surface area contributed by atoms with Crippen molar-refractivity contribution in [3.8, 4) is 11.1 Å². The van der Waals surface area contributed by atoms with Gasteiger partial charge in [0.15, 0.2) is 0 Å². The van der Waals surface area contributed by atoms with Crippen LogP contribution in [0.4, 0.5) is 4.39 Å². The van der Waals surface area contributed by atoms with Crippen LogP contribution in [-0.2, 0) is 6.54 Å². The zero-order chi connectivity index (χ0) is 13.8. The number of hydrogen-bond acceptors (Lipinski definition) is 1. The molecule has 0 saturated heterocycles. The third-order valence-corrected chi connectivity index (χ3v) is 3.20. The van der Waals surface area contributed by atoms with Gasteiger partial charge in [-0.25, -0.2) is 4.39 Å². The molecular weight excluding hydrogens is 237 g/mol. The SMILES string of the molecule is Cc1ccccc1-c1ccc(F)c(CNC(C)C)c1. The minimum atomic E-state index is -0.148. The van der Waals surface area contributed by atoms with Crippen LogP contribution in [0.3, 0.4) is 0 Å². The first-order chi connectivity index (χ1) is 9.08. The summed E-state index contributed by atoms with van der Waals surface area (Å²) in [7, 11) is 0. The average molecular weight is 257 g/mol. The van der Waals surface area contributed by atoms with E-state index < -0.39 is 0 Å². The molecule has 0 amide bonds. The maximum Gasteiger partial charge on any atom is 0.127 e. The normalized spacial score (nSPS) is 11.0. The first-order valence-electron chi connectivity index (χ1n) is 6.65. The van der Waals surface area contributed by atoms with Gasteiger partial charge >= 0.3 is 0 Å². The molecule has 1 N–H and O–H groups in total. The summed E-state index contributed by atoms with van der Waals surface area (Å²) in [5, 5.41) is 3.26. The van der Waals surface area contributed by atoms with Crippen LogP contribution < -0.4 is 5.32 Å². The molecule has 1 nitrogen and oxygen atoms in total. The Bertz CT molecular complexity index is 561. The topological polar surface area (TPSA) is 12.0 Å². The van der Waals surface area contributed by atoms with Crippen LogP contribution in [0.15, 0.2) is 42.5 Å². The molecule has 0 heterocycles. The van der Waals surface area contributed by atoms with Gasteiger partial charge in [0.25, 0.3) is 0 Å². The summed E-state index contributed by atoms with van der Waals surface area (Å²) in [6, 6.07) is 13.9. The van der Waals surface area contributed by atoms with Gasteiger partial charge in [-0.3, -0.25) is 0 Å². The summed E-state index contributed by atoms with van der Waals surface area (Å²) >= 11 is 0. The van der Waals surface area contributed by atoms with Crippen LogP contribution in [-0.4, -0.2) is 6.04 Å². The van der Waals surface area contributed by atoms with Gasteiger partial charge in [-0.05, 0) is 35.7 Å². The molecule has 0 unspecified atom stereocenters. The number of hydrogen-bond donors (Lipinski definition) is 1. The Morgan fingerprint density at radius 1 is 1.11 bits per heavy atom. The molecule has 0 fully saturated rings. The van der Waals surface area contributed by atoms with Gasteiger partial charge in [0, 0.05) is 18.2 Å². The molecule has 2 rings (SSSR count). The number of halogens is 1. The van der Waals surface area contributed by atoms with Crippen molar-refractivity contribution in [2.75, 3.05) is 0 Å². The van der Waals surface area contributed by atoms with E-state index in [0.717, 1.165) is 16.7 Å². The van der Waals surface area contributed by atoms with Crippen LogP contribution in [0.2, 0.25) is 0 Å². The fourth-order valence-corrected chi connectivity index (χ4v) is 2.09. The van der Waals surface area contributed by atoms with Crippen LogP contribution >= 0.6 is 0 Å². The highest BCUT2D eigenvalue weighted by Crippen LogP contribution is 2.25. The van der Waals surface area contributed by atoms with Crippen molar-refractivity contribution in [1.29, 1.82) is 0 Å². The van der Waals surface area contributed by atoms with Crippen molar-refractivity contribution in [3.63, 3.8) is 0 Å². The smallest absolute Gasteiger partial charge is 0.127 e. The number of rotatable bonds is 4. The average Bonchev–Trinajstić information content (AvgIpc) is 2.38. The van der Waals surface area contributed by atoms with E-state index in [1.54, 1.807) is 6.07 Å². The third kappa shape index (κ3) is 3.42. The molecule has 0 aliphatic rings. The predicted molar refractivity (Wildman–Crippen MR) is 78.5 cm³/mol. The molecular formula is C17H20FN. The second kappa shape index (κ2) is 5.98. The van der Waals surface area contributed by atoms with Crippen molar-refractivity contribution in [3.05, 3.63) is 59.4 Å². The first kappa shape index (κ1) is 13.8. The van der Waals surface area contributed by atoms with Gasteiger partial charge in [0.1, 0.15) is 5.82 Å². The van der Waals surface area contributed by atoms with E-state index in [2.05, 4.69) is 38.2 Å². The first-order valence-corrected chi connectivity index (χ1v) is 6.65. The highest BCUT2D eigenvalue weighted by Gasteiger charge is 2.07.